The summed E-state index contributed by atoms with van der Waals surface area (Å²) in [4.78, 5) is 20.4. The highest BCUT2D eigenvalue weighted by atomic mass is 16.5. The van der Waals surface area contributed by atoms with Gasteiger partial charge in [0.15, 0.2) is 5.76 Å². The number of rotatable bonds is 9. The van der Waals surface area contributed by atoms with Crippen molar-refractivity contribution in [1.82, 2.24) is 9.88 Å². The van der Waals surface area contributed by atoms with Crippen LogP contribution in [0.5, 0.6) is 17.2 Å². The zero-order valence-corrected chi connectivity index (χ0v) is 21.2. The first-order chi connectivity index (χ1) is 18.1. The minimum Gasteiger partial charge on any atom is -0.496 e. The molecule has 8 heteroatoms. The molecule has 0 bridgehead atoms. The van der Waals surface area contributed by atoms with Crippen LogP contribution in [-0.2, 0) is 11.3 Å². The van der Waals surface area contributed by atoms with Gasteiger partial charge in [0.1, 0.15) is 22.8 Å². The van der Waals surface area contributed by atoms with Gasteiger partial charge >= 0.3 is 0 Å². The number of pyridine rings is 1. The summed E-state index contributed by atoms with van der Waals surface area (Å²) < 4.78 is 28.3. The Morgan fingerprint density at radius 1 is 1.00 bits per heavy atom. The van der Waals surface area contributed by atoms with Crippen LogP contribution in [-0.4, -0.2) is 56.4 Å². The van der Waals surface area contributed by atoms with Crippen LogP contribution in [0.4, 0.5) is 0 Å². The van der Waals surface area contributed by atoms with Crippen molar-refractivity contribution >= 4 is 16.8 Å². The smallest absolute Gasteiger partial charge is 0.289 e. The number of carbonyl (C=O) groups excluding carboxylic acids is 1. The van der Waals surface area contributed by atoms with E-state index in [-0.39, 0.29) is 24.3 Å². The van der Waals surface area contributed by atoms with E-state index in [4.69, 9.17) is 28.3 Å². The van der Waals surface area contributed by atoms with Gasteiger partial charge in [-0.3, -0.25) is 4.79 Å². The molecule has 1 saturated heterocycles. The summed E-state index contributed by atoms with van der Waals surface area (Å²) in [6.07, 6.45) is 3.36. The number of hydrogen-bond donors (Lipinski definition) is 0. The first-order valence-corrected chi connectivity index (χ1v) is 12.2. The van der Waals surface area contributed by atoms with Crippen LogP contribution in [0, 0.1) is 0 Å². The molecule has 192 valence electrons. The molecule has 8 nitrogen and oxygen atoms in total. The number of hydrogen-bond acceptors (Lipinski definition) is 7. The van der Waals surface area contributed by atoms with Gasteiger partial charge in [-0.15, -0.1) is 0 Å². The number of amides is 1. The third kappa shape index (κ3) is 4.97. The summed E-state index contributed by atoms with van der Waals surface area (Å²) in [6, 6.07) is 16.8. The second-order valence-corrected chi connectivity index (χ2v) is 8.86. The number of methoxy groups -OCH3 is 3. The first-order valence-electron chi connectivity index (χ1n) is 12.2. The Morgan fingerprint density at radius 2 is 1.78 bits per heavy atom. The van der Waals surface area contributed by atoms with Gasteiger partial charge in [-0.25, -0.2) is 4.98 Å². The second-order valence-electron chi connectivity index (χ2n) is 8.86. The fraction of sp³-hybridized carbons (Fsp3) is 0.310. The molecule has 0 radical (unpaired) electrons. The molecule has 0 saturated carbocycles. The molecule has 0 spiro atoms. The SMILES string of the molecule is COc1ccccc1-c1nc2c(OC)ccc(OC)c2cc1CN(C[C@@H]1CCCO1)C(=O)c1ccco1. The Labute approximate surface area is 215 Å². The molecule has 1 amide bonds. The number of aromatic nitrogens is 1. The number of furan rings is 1. The molecule has 1 aliphatic rings. The lowest BCUT2D eigenvalue weighted by Crippen LogP contribution is -2.37. The van der Waals surface area contributed by atoms with E-state index < -0.39 is 0 Å². The lowest BCUT2D eigenvalue weighted by atomic mass is 10.0. The Kier molecular flexibility index (Phi) is 7.28. The summed E-state index contributed by atoms with van der Waals surface area (Å²) in [5.74, 6) is 2.05. The van der Waals surface area contributed by atoms with Gasteiger partial charge < -0.3 is 28.3 Å². The van der Waals surface area contributed by atoms with Crippen molar-refractivity contribution in [2.24, 2.45) is 0 Å². The standard InChI is InChI=1S/C29H30N2O6/c1-33-23-10-5-4-9-21(23)27-19(16-22-24(34-2)12-13-25(35-3)28(22)30-27)17-31(18-20-8-6-14-36-20)29(32)26-11-7-15-37-26/h4-5,7,9-13,15-16,20H,6,8,14,17-18H2,1-3H3/t20-/m0/s1. The third-order valence-electron chi connectivity index (χ3n) is 6.62. The third-order valence-corrected chi connectivity index (χ3v) is 6.62. The van der Waals surface area contributed by atoms with Crippen molar-refractivity contribution < 1.29 is 28.2 Å². The van der Waals surface area contributed by atoms with Gasteiger partial charge in [-0.05, 0) is 60.9 Å². The molecule has 37 heavy (non-hydrogen) atoms. The molecule has 1 aliphatic heterocycles. The van der Waals surface area contributed by atoms with Crippen LogP contribution in [0.25, 0.3) is 22.2 Å². The molecular weight excluding hydrogens is 472 g/mol. The van der Waals surface area contributed by atoms with Crippen LogP contribution in [0.2, 0.25) is 0 Å². The highest BCUT2D eigenvalue weighted by molar-refractivity contribution is 5.94. The summed E-state index contributed by atoms with van der Waals surface area (Å²) in [5.41, 5.74) is 3.01. The number of para-hydroxylation sites is 1. The van der Waals surface area contributed by atoms with Crippen molar-refractivity contribution in [2.75, 3.05) is 34.5 Å². The number of carbonyl (C=O) groups is 1. The fourth-order valence-corrected chi connectivity index (χ4v) is 4.80. The van der Waals surface area contributed by atoms with E-state index in [1.54, 1.807) is 38.4 Å². The molecule has 2 aromatic carbocycles. The van der Waals surface area contributed by atoms with E-state index in [1.807, 2.05) is 42.5 Å². The van der Waals surface area contributed by atoms with Crippen molar-refractivity contribution in [3.8, 4) is 28.5 Å². The molecule has 1 atom stereocenters. The summed E-state index contributed by atoms with van der Waals surface area (Å²) >= 11 is 0. The molecule has 0 unspecified atom stereocenters. The Bertz CT molecular complexity index is 1380. The Morgan fingerprint density at radius 3 is 2.49 bits per heavy atom. The maximum Gasteiger partial charge on any atom is 0.289 e. The Hall–Kier alpha value is -4.04. The maximum atomic E-state index is 13.5. The quantitative estimate of drug-likeness (QED) is 0.305. The molecule has 5 rings (SSSR count). The van der Waals surface area contributed by atoms with E-state index in [0.717, 1.165) is 29.4 Å². The zero-order chi connectivity index (χ0) is 25.8. The summed E-state index contributed by atoms with van der Waals surface area (Å²) in [5, 5.41) is 0.790. The van der Waals surface area contributed by atoms with Gasteiger partial charge in [0.2, 0.25) is 0 Å². The lowest BCUT2D eigenvalue weighted by Gasteiger charge is -2.26. The minimum atomic E-state index is -0.204. The predicted octanol–water partition coefficient (Wildman–Crippen LogP) is 5.34. The van der Waals surface area contributed by atoms with Gasteiger partial charge in [0.05, 0.1) is 39.4 Å². The van der Waals surface area contributed by atoms with Gasteiger partial charge in [-0.1, -0.05) is 12.1 Å². The van der Waals surface area contributed by atoms with Crippen LogP contribution < -0.4 is 14.2 Å². The zero-order valence-electron chi connectivity index (χ0n) is 21.2. The monoisotopic (exact) mass is 502 g/mol. The van der Waals surface area contributed by atoms with Crippen LogP contribution >= 0.6 is 0 Å². The number of fused-ring (bicyclic) bond motifs is 1. The van der Waals surface area contributed by atoms with Crippen molar-refractivity contribution in [2.45, 2.75) is 25.5 Å². The van der Waals surface area contributed by atoms with Gasteiger partial charge in [0, 0.05) is 30.6 Å². The second kappa shape index (κ2) is 10.9. The first kappa shape index (κ1) is 24.6. The van der Waals surface area contributed by atoms with E-state index in [1.165, 1.54) is 6.26 Å². The van der Waals surface area contributed by atoms with E-state index in [9.17, 15) is 4.79 Å². The normalized spacial score (nSPS) is 15.1. The highest BCUT2D eigenvalue weighted by Gasteiger charge is 2.27. The molecule has 3 heterocycles. The fourth-order valence-electron chi connectivity index (χ4n) is 4.80. The number of ether oxygens (including phenoxy) is 4. The minimum absolute atomic E-state index is 0.0309. The predicted molar refractivity (Wildman–Crippen MR) is 139 cm³/mol. The average molecular weight is 503 g/mol. The summed E-state index contributed by atoms with van der Waals surface area (Å²) in [6.45, 7) is 1.43. The molecule has 0 N–H and O–H groups in total. The molecule has 1 fully saturated rings. The van der Waals surface area contributed by atoms with Gasteiger partial charge in [0.25, 0.3) is 5.91 Å². The maximum absolute atomic E-state index is 13.5. The number of nitrogens with zero attached hydrogens (tertiary/aromatic N) is 2. The van der Waals surface area contributed by atoms with Crippen LogP contribution in [0.1, 0.15) is 29.0 Å². The molecule has 0 aliphatic carbocycles. The molecule has 4 aromatic rings. The van der Waals surface area contributed by atoms with E-state index >= 15 is 0 Å². The molecule has 2 aromatic heterocycles. The summed E-state index contributed by atoms with van der Waals surface area (Å²) in [7, 11) is 4.87. The highest BCUT2D eigenvalue weighted by Crippen LogP contribution is 2.38. The van der Waals surface area contributed by atoms with Crippen molar-refractivity contribution in [1.29, 1.82) is 0 Å². The topological polar surface area (TPSA) is 83.3 Å². The van der Waals surface area contributed by atoms with Crippen LogP contribution in [0.3, 0.4) is 0 Å². The largest absolute Gasteiger partial charge is 0.496 e. The van der Waals surface area contributed by atoms with Crippen LogP contribution in [0.15, 0.2) is 65.3 Å². The molecular formula is C29H30N2O6. The number of benzene rings is 2. The average Bonchev–Trinajstić information content (AvgIpc) is 3.66. The van der Waals surface area contributed by atoms with E-state index in [2.05, 4.69) is 0 Å². The van der Waals surface area contributed by atoms with Crippen molar-refractivity contribution in [3.05, 3.63) is 72.2 Å². The Balaban J connectivity index is 1.67. The van der Waals surface area contributed by atoms with Crippen molar-refractivity contribution in [3.63, 3.8) is 0 Å². The lowest BCUT2D eigenvalue weighted by molar-refractivity contribution is 0.0484. The van der Waals surface area contributed by atoms with Gasteiger partial charge in [-0.2, -0.15) is 0 Å². The van der Waals surface area contributed by atoms with E-state index in [0.29, 0.717) is 41.6 Å².